The number of carboxylic acids is 3. The van der Waals surface area contributed by atoms with E-state index in [0.29, 0.717) is 0 Å². The number of aliphatic hydroxyl groups is 1. The average Bonchev–Trinajstić information content (AvgIpc) is 3.27. The molecular formula is C31H37FN4O8. The molecule has 4 rings (SSSR count). The molecule has 1 fully saturated rings. The summed E-state index contributed by atoms with van der Waals surface area (Å²) < 4.78 is 15.4. The summed E-state index contributed by atoms with van der Waals surface area (Å²) in [6.45, 7) is 8.15. The minimum Gasteiger partial charge on any atom is -0.481 e. The number of carboxylic acid groups (broad SMARTS) is 3. The third-order valence-corrected chi connectivity index (χ3v) is 7.38. The highest BCUT2D eigenvalue weighted by molar-refractivity contribution is 5.88. The van der Waals surface area contributed by atoms with Gasteiger partial charge in [-0.2, -0.15) is 5.10 Å². The lowest BCUT2D eigenvalue weighted by Crippen LogP contribution is -2.52. The topological polar surface area (TPSA) is 182 Å². The van der Waals surface area contributed by atoms with E-state index in [1.54, 1.807) is 19.1 Å². The van der Waals surface area contributed by atoms with Crippen LogP contribution in [-0.4, -0.2) is 77.6 Å². The SMILES string of the molecule is CC(=O)NC1(c2ccc(F)cc2)CCN(Cc2cccc(-n3nc(C)cc3C)c2)CC1.O=C(O)CC(O)(CC(=O)O)C(=O)O. The third-order valence-electron chi connectivity index (χ3n) is 7.38. The van der Waals surface area contributed by atoms with Gasteiger partial charge in [0, 0.05) is 32.3 Å². The normalized spacial score (nSPS) is 14.7. The standard InChI is InChI=1S/C25H29FN4O.C6H8O7/c1-18-15-19(2)30(28-18)24-6-4-5-21(16-24)17-29-13-11-25(12-14-29,27-20(3)31)22-7-9-23(26)10-8-22;7-3(8)1-6(13,5(11)12)2-4(9)10/h4-10,15-16H,11-14,17H2,1-3H3,(H,27,31);13H,1-2H2,(H,7,8)(H,9,10)(H,11,12). The first kappa shape index (κ1) is 33.9. The number of amides is 1. The van der Waals surface area contributed by atoms with Gasteiger partial charge < -0.3 is 25.7 Å². The van der Waals surface area contributed by atoms with Crippen LogP contribution in [0.25, 0.3) is 5.69 Å². The van der Waals surface area contributed by atoms with Crippen molar-refractivity contribution in [2.45, 2.75) is 64.1 Å². The second-order valence-electron chi connectivity index (χ2n) is 11.0. The first-order valence-electron chi connectivity index (χ1n) is 13.9. The molecule has 1 amide bonds. The molecule has 1 aliphatic rings. The Hall–Kier alpha value is -4.62. The van der Waals surface area contributed by atoms with Gasteiger partial charge in [0.2, 0.25) is 5.91 Å². The number of nitrogens with one attached hydrogen (secondary N) is 1. The summed E-state index contributed by atoms with van der Waals surface area (Å²) in [5.74, 6) is -5.34. The average molecular weight is 613 g/mol. The predicted molar refractivity (Wildman–Crippen MR) is 157 cm³/mol. The van der Waals surface area contributed by atoms with Crippen LogP contribution in [0.2, 0.25) is 0 Å². The lowest BCUT2D eigenvalue weighted by atomic mass is 9.80. The molecule has 0 spiro atoms. The Bertz CT molecular complexity index is 1480. The third kappa shape index (κ3) is 8.94. The zero-order valence-electron chi connectivity index (χ0n) is 24.8. The molecule has 1 saturated heterocycles. The van der Waals surface area contributed by atoms with E-state index in [4.69, 9.17) is 20.4 Å². The molecule has 1 aliphatic heterocycles. The maximum atomic E-state index is 13.4. The minimum absolute atomic E-state index is 0.0598. The number of rotatable bonds is 10. The number of hydrogen-bond donors (Lipinski definition) is 5. The number of aryl methyl sites for hydroxylation is 2. The lowest BCUT2D eigenvalue weighted by Gasteiger charge is -2.42. The van der Waals surface area contributed by atoms with E-state index in [2.05, 4.69) is 52.6 Å². The van der Waals surface area contributed by atoms with Gasteiger partial charge in [-0.3, -0.25) is 19.3 Å². The number of carbonyl (C=O) groups excluding carboxylic acids is 1. The summed E-state index contributed by atoms with van der Waals surface area (Å²) >= 11 is 0. The van der Waals surface area contributed by atoms with Gasteiger partial charge >= 0.3 is 17.9 Å². The smallest absolute Gasteiger partial charge is 0.336 e. The molecule has 0 saturated carbocycles. The van der Waals surface area contributed by atoms with E-state index in [-0.39, 0.29) is 11.7 Å². The van der Waals surface area contributed by atoms with Crippen LogP contribution in [0.1, 0.15) is 55.1 Å². The Morgan fingerprint density at radius 3 is 2.02 bits per heavy atom. The van der Waals surface area contributed by atoms with Gasteiger partial charge in [-0.15, -0.1) is 0 Å². The fraction of sp³-hybridized carbons (Fsp3) is 0.387. The Labute approximate surface area is 253 Å². The molecule has 3 aromatic rings. The molecule has 12 nitrogen and oxygen atoms in total. The summed E-state index contributed by atoms with van der Waals surface area (Å²) in [6.07, 6.45) is -0.714. The van der Waals surface area contributed by atoms with Gasteiger partial charge in [0.25, 0.3) is 0 Å². The van der Waals surface area contributed by atoms with E-state index in [1.165, 1.54) is 17.7 Å². The largest absolute Gasteiger partial charge is 0.481 e. The second-order valence-corrected chi connectivity index (χ2v) is 11.0. The van der Waals surface area contributed by atoms with Crippen LogP contribution in [0.15, 0.2) is 54.6 Å². The Kier molecular flexibility index (Phi) is 11.0. The maximum Gasteiger partial charge on any atom is 0.336 e. The molecule has 2 aromatic carbocycles. The van der Waals surface area contributed by atoms with Crippen LogP contribution in [0, 0.1) is 19.7 Å². The zero-order valence-corrected chi connectivity index (χ0v) is 24.8. The van der Waals surface area contributed by atoms with Crippen molar-refractivity contribution in [3.63, 3.8) is 0 Å². The fourth-order valence-corrected chi connectivity index (χ4v) is 5.33. The highest BCUT2D eigenvalue weighted by atomic mass is 19.1. The predicted octanol–water partition coefficient (Wildman–Crippen LogP) is 3.01. The summed E-state index contributed by atoms with van der Waals surface area (Å²) in [7, 11) is 0. The second kappa shape index (κ2) is 14.2. The lowest BCUT2D eigenvalue weighted by molar-refractivity contribution is -0.170. The van der Waals surface area contributed by atoms with E-state index in [9.17, 15) is 23.6 Å². The summed E-state index contributed by atoms with van der Waals surface area (Å²) in [5, 5.41) is 41.6. The Morgan fingerprint density at radius 1 is 0.955 bits per heavy atom. The fourth-order valence-electron chi connectivity index (χ4n) is 5.33. The molecule has 0 aliphatic carbocycles. The van der Waals surface area contributed by atoms with Crippen molar-refractivity contribution < 1.29 is 44.0 Å². The van der Waals surface area contributed by atoms with Crippen LogP contribution in [0.5, 0.6) is 0 Å². The van der Waals surface area contributed by atoms with Gasteiger partial charge in [0.05, 0.1) is 29.8 Å². The van der Waals surface area contributed by atoms with Gasteiger partial charge in [-0.1, -0.05) is 24.3 Å². The van der Waals surface area contributed by atoms with Crippen molar-refractivity contribution in [1.82, 2.24) is 20.0 Å². The Balaban J connectivity index is 0.000000345. The van der Waals surface area contributed by atoms with Crippen LogP contribution >= 0.6 is 0 Å². The van der Waals surface area contributed by atoms with Gasteiger partial charge in [-0.05, 0) is 68.1 Å². The Morgan fingerprint density at radius 2 is 1.55 bits per heavy atom. The molecule has 0 radical (unpaired) electrons. The van der Waals surface area contributed by atoms with Gasteiger partial charge in [0.1, 0.15) is 5.82 Å². The van der Waals surface area contributed by atoms with Crippen LogP contribution in [0.4, 0.5) is 4.39 Å². The van der Waals surface area contributed by atoms with E-state index < -0.39 is 41.9 Å². The first-order chi connectivity index (χ1) is 20.6. The quantitative estimate of drug-likeness (QED) is 0.228. The van der Waals surface area contributed by atoms with Gasteiger partial charge in [-0.25, -0.2) is 13.9 Å². The highest BCUT2D eigenvalue weighted by Crippen LogP contribution is 2.34. The summed E-state index contributed by atoms with van der Waals surface area (Å²) in [5.41, 5.74) is 2.22. The number of hydrogen-bond acceptors (Lipinski definition) is 7. The number of aliphatic carboxylic acids is 3. The number of benzene rings is 2. The van der Waals surface area contributed by atoms with Crippen LogP contribution in [-0.2, 0) is 31.3 Å². The molecule has 0 atom stereocenters. The molecule has 0 bridgehead atoms. The van der Waals surface area contributed by atoms with Crippen molar-refractivity contribution in [3.05, 3.63) is 82.9 Å². The number of piperidine rings is 1. The highest BCUT2D eigenvalue weighted by Gasteiger charge is 2.41. The zero-order chi connectivity index (χ0) is 32.7. The van der Waals surface area contributed by atoms with E-state index in [1.807, 2.05) is 11.6 Å². The monoisotopic (exact) mass is 612 g/mol. The molecule has 236 valence electrons. The number of likely N-dealkylation sites (tertiary alicyclic amines) is 1. The number of nitrogens with zero attached hydrogens (tertiary/aromatic N) is 3. The van der Waals surface area contributed by atoms with Crippen molar-refractivity contribution in [1.29, 1.82) is 0 Å². The van der Waals surface area contributed by atoms with Crippen molar-refractivity contribution in [2.75, 3.05) is 13.1 Å². The van der Waals surface area contributed by atoms with Crippen LogP contribution in [0.3, 0.4) is 0 Å². The summed E-state index contributed by atoms with van der Waals surface area (Å²) in [6, 6.07) is 17.1. The van der Waals surface area contributed by atoms with Crippen molar-refractivity contribution >= 4 is 23.8 Å². The van der Waals surface area contributed by atoms with Gasteiger partial charge in [0.15, 0.2) is 5.60 Å². The molecule has 1 aromatic heterocycles. The van der Waals surface area contributed by atoms with E-state index >= 15 is 0 Å². The minimum atomic E-state index is -2.74. The number of halogens is 1. The van der Waals surface area contributed by atoms with Crippen LogP contribution < -0.4 is 5.32 Å². The summed E-state index contributed by atoms with van der Waals surface area (Å²) in [4.78, 5) is 44.8. The maximum absolute atomic E-state index is 13.4. The molecule has 2 heterocycles. The number of carbonyl (C=O) groups is 4. The first-order valence-corrected chi connectivity index (χ1v) is 13.9. The molecule has 5 N–H and O–H groups in total. The van der Waals surface area contributed by atoms with E-state index in [0.717, 1.165) is 55.1 Å². The number of aromatic nitrogens is 2. The molecule has 0 unspecified atom stereocenters. The van der Waals surface area contributed by atoms with Crippen molar-refractivity contribution in [3.8, 4) is 5.69 Å². The molecule has 44 heavy (non-hydrogen) atoms. The molecule has 13 heteroatoms. The van der Waals surface area contributed by atoms with Crippen molar-refractivity contribution in [2.24, 2.45) is 0 Å². The molecular weight excluding hydrogens is 575 g/mol.